The summed E-state index contributed by atoms with van der Waals surface area (Å²) in [5, 5.41) is 0. The van der Waals surface area contributed by atoms with Crippen molar-refractivity contribution in [3.05, 3.63) is 0 Å². The van der Waals surface area contributed by atoms with Gasteiger partial charge in [-0.15, -0.1) is 0 Å². The first kappa shape index (κ1) is 10.5. The van der Waals surface area contributed by atoms with Gasteiger partial charge in [-0.25, -0.2) is 0 Å². The third-order valence-corrected chi connectivity index (χ3v) is 4.43. The second kappa shape index (κ2) is 5.19. The van der Waals surface area contributed by atoms with Crippen molar-refractivity contribution in [1.82, 2.24) is 0 Å². The highest BCUT2D eigenvalue weighted by Crippen LogP contribution is 2.37. The van der Waals surface area contributed by atoms with E-state index < -0.39 is 0 Å². The van der Waals surface area contributed by atoms with Crippen LogP contribution in [0.3, 0.4) is 0 Å². The average molecular weight is 194 g/mol. The standard InChI is InChI=1S/C14H26/c1-12-10-13-6-4-2-3-5-7-14(11-12)9-8-13/h12-14H,2-11H2,1H3. The molecule has 0 heteroatoms. The second-order valence-corrected chi connectivity index (χ2v) is 5.88. The molecule has 2 aliphatic rings. The van der Waals surface area contributed by atoms with Crippen molar-refractivity contribution in [3.8, 4) is 0 Å². The predicted molar refractivity (Wildman–Crippen MR) is 62.3 cm³/mol. The van der Waals surface area contributed by atoms with Crippen LogP contribution in [0.25, 0.3) is 0 Å². The fourth-order valence-corrected chi connectivity index (χ4v) is 3.69. The van der Waals surface area contributed by atoms with Crippen LogP contribution in [0.15, 0.2) is 0 Å². The first-order valence-corrected chi connectivity index (χ1v) is 6.84. The van der Waals surface area contributed by atoms with Crippen molar-refractivity contribution in [3.63, 3.8) is 0 Å². The van der Waals surface area contributed by atoms with E-state index in [0.717, 1.165) is 17.8 Å². The Bertz CT molecular complexity index is 143. The van der Waals surface area contributed by atoms with Gasteiger partial charge in [-0.1, -0.05) is 58.3 Å². The van der Waals surface area contributed by atoms with E-state index in [-0.39, 0.29) is 0 Å². The molecule has 0 aromatic rings. The second-order valence-electron chi connectivity index (χ2n) is 5.88. The summed E-state index contributed by atoms with van der Waals surface area (Å²) in [4.78, 5) is 0. The van der Waals surface area contributed by atoms with E-state index in [1.54, 1.807) is 12.8 Å². The van der Waals surface area contributed by atoms with Crippen LogP contribution in [-0.4, -0.2) is 0 Å². The molecule has 0 radical (unpaired) electrons. The van der Waals surface area contributed by atoms with E-state index in [1.807, 2.05) is 0 Å². The van der Waals surface area contributed by atoms with Gasteiger partial charge >= 0.3 is 0 Å². The van der Waals surface area contributed by atoms with Crippen LogP contribution in [0.2, 0.25) is 0 Å². The highest BCUT2D eigenvalue weighted by molar-refractivity contribution is 4.75. The van der Waals surface area contributed by atoms with Crippen LogP contribution in [0.5, 0.6) is 0 Å². The molecule has 2 saturated carbocycles. The average Bonchev–Trinajstić information content (AvgIpc) is 2.36. The largest absolute Gasteiger partial charge is 0.0625 e. The van der Waals surface area contributed by atoms with Gasteiger partial charge in [-0.05, 0) is 30.6 Å². The minimum absolute atomic E-state index is 1.02. The molecule has 14 heavy (non-hydrogen) atoms. The normalized spacial score (nSPS) is 40.5. The quantitative estimate of drug-likeness (QED) is 0.520. The minimum Gasteiger partial charge on any atom is -0.0625 e. The van der Waals surface area contributed by atoms with Gasteiger partial charge in [0.15, 0.2) is 0 Å². The Morgan fingerprint density at radius 3 is 1.64 bits per heavy atom. The van der Waals surface area contributed by atoms with Gasteiger partial charge in [0.1, 0.15) is 0 Å². The fourth-order valence-electron chi connectivity index (χ4n) is 3.69. The van der Waals surface area contributed by atoms with Crippen molar-refractivity contribution >= 4 is 0 Å². The third kappa shape index (κ3) is 3.00. The molecule has 0 heterocycles. The Labute approximate surface area is 89.5 Å². The summed E-state index contributed by atoms with van der Waals surface area (Å²) in [6.07, 6.45) is 15.3. The summed E-state index contributed by atoms with van der Waals surface area (Å²) in [5.41, 5.74) is 0. The van der Waals surface area contributed by atoms with E-state index in [0.29, 0.717) is 0 Å². The molecule has 0 aromatic heterocycles. The Hall–Kier alpha value is 0. The SMILES string of the molecule is CC1CC2CCCCCCC(CC2)C1. The lowest BCUT2D eigenvalue weighted by Crippen LogP contribution is -2.03. The zero-order valence-electron chi connectivity index (χ0n) is 9.80. The maximum Gasteiger partial charge on any atom is -0.0412 e. The first-order valence-electron chi connectivity index (χ1n) is 6.84. The van der Waals surface area contributed by atoms with E-state index >= 15 is 0 Å². The number of hydrogen-bond donors (Lipinski definition) is 0. The molecule has 2 unspecified atom stereocenters. The van der Waals surface area contributed by atoms with Crippen molar-refractivity contribution < 1.29 is 0 Å². The molecule has 0 N–H and O–H groups in total. The molecule has 0 spiro atoms. The van der Waals surface area contributed by atoms with Crippen molar-refractivity contribution in [2.45, 2.75) is 71.1 Å². The van der Waals surface area contributed by atoms with Crippen LogP contribution in [-0.2, 0) is 0 Å². The Morgan fingerprint density at radius 1 is 0.643 bits per heavy atom. The number of rotatable bonds is 0. The molecule has 2 bridgehead atoms. The molecule has 2 fully saturated rings. The molecule has 0 aliphatic heterocycles. The van der Waals surface area contributed by atoms with Gasteiger partial charge in [-0.3, -0.25) is 0 Å². The molecular weight excluding hydrogens is 168 g/mol. The molecule has 2 atom stereocenters. The van der Waals surface area contributed by atoms with E-state index in [9.17, 15) is 0 Å². The maximum absolute atomic E-state index is 2.49. The van der Waals surface area contributed by atoms with Gasteiger partial charge in [-0.2, -0.15) is 0 Å². The van der Waals surface area contributed by atoms with Crippen molar-refractivity contribution in [2.75, 3.05) is 0 Å². The van der Waals surface area contributed by atoms with E-state index in [4.69, 9.17) is 0 Å². The summed E-state index contributed by atoms with van der Waals surface area (Å²) in [5.74, 6) is 3.20. The number of fused-ring (bicyclic) bond motifs is 3. The van der Waals surface area contributed by atoms with Crippen LogP contribution in [0.4, 0.5) is 0 Å². The molecule has 0 amide bonds. The van der Waals surface area contributed by atoms with Crippen molar-refractivity contribution in [1.29, 1.82) is 0 Å². The fraction of sp³-hybridized carbons (Fsp3) is 1.00. The van der Waals surface area contributed by atoms with Gasteiger partial charge in [0.05, 0.1) is 0 Å². The minimum atomic E-state index is 1.02. The highest BCUT2D eigenvalue weighted by atomic mass is 14.3. The molecule has 0 nitrogen and oxygen atoms in total. The summed E-state index contributed by atoms with van der Waals surface area (Å²) in [6, 6.07) is 0. The Kier molecular flexibility index (Phi) is 3.89. The monoisotopic (exact) mass is 194 g/mol. The van der Waals surface area contributed by atoms with Crippen LogP contribution >= 0.6 is 0 Å². The Balaban J connectivity index is 1.96. The third-order valence-electron chi connectivity index (χ3n) is 4.43. The van der Waals surface area contributed by atoms with Gasteiger partial charge in [0, 0.05) is 0 Å². The van der Waals surface area contributed by atoms with Gasteiger partial charge in [0.25, 0.3) is 0 Å². The maximum atomic E-state index is 2.49. The lowest BCUT2D eigenvalue weighted by Gasteiger charge is -2.17. The van der Waals surface area contributed by atoms with E-state index in [2.05, 4.69) is 6.92 Å². The molecular formula is C14H26. The number of hydrogen-bond acceptors (Lipinski definition) is 0. The first-order chi connectivity index (χ1) is 6.84. The zero-order valence-corrected chi connectivity index (χ0v) is 9.80. The van der Waals surface area contributed by atoms with Gasteiger partial charge < -0.3 is 0 Å². The molecule has 2 aliphatic carbocycles. The molecule has 0 saturated heterocycles. The lowest BCUT2D eigenvalue weighted by atomic mass is 9.89. The summed E-state index contributed by atoms with van der Waals surface area (Å²) in [7, 11) is 0. The molecule has 82 valence electrons. The Morgan fingerprint density at radius 2 is 1.14 bits per heavy atom. The van der Waals surface area contributed by atoms with E-state index in [1.165, 1.54) is 51.4 Å². The smallest absolute Gasteiger partial charge is 0.0412 e. The summed E-state index contributed by atoms with van der Waals surface area (Å²) >= 11 is 0. The van der Waals surface area contributed by atoms with Gasteiger partial charge in [0.2, 0.25) is 0 Å². The van der Waals surface area contributed by atoms with Crippen LogP contribution < -0.4 is 0 Å². The highest BCUT2D eigenvalue weighted by Gasteiger charge is 2.23. The summed E-state index contributed by atoms with van der Waals surface area (Å²) in [6.45, 7) is 2.49. The molecule has 0 aromatic carbocycles. The topological polar surface area (TPSA) is 0 Å². The summed E-state index contributed by atoms with van der Waals surface area (Å²) < 4.78 is 0. The van der Waals surface area contributed by atoms with Crippen molar-refractivity contribution in [2.24, 2.45) is 17.8 Å². The van der Waals surface area contributed by atoms with Crippen LogP contribution in [0.1, 0.15) is 71.1 Å². The molecule has 2 rings (SSSR count). The lowest BCUT2D eigenvalue weighted by molar-refractivity contribution is 0.359. The zero-order chi connectivity index (χ0) is 9.80. The van der Waals surface area contributed by atoms with Crippen LogP contribution in [0, 0.1) is 17.8 Å². The predicted octanol–water partition coefficient (Wildman–Crippen LogP) is 4.78.